The number of aromatic nitrogens is 2. The van der Waals surface area contributed by atoms with Crippen molar-refractivity contribution in [1.82, 2.24) is 19.8 Å². The summed E-state index contributed by atoms with van der Waals surface area (Å²) in [6, 6.07) is 26.1. The number of imidazole rings is 1. The van der Waals surface area contributed by atoms with Crippen LogP contribution in [0.1, 0.15) is 21.5 Å². The van der Waals surface area contributed by atoms with E-state index in [1.54, 1.807) is 0 Å². The first-order valence-corrected chi connectivity index (χ1v) is 11.2. The molecule has 0 radical (unpaired) electrons. The molecule has 33 heavy (non-hydrogen) atoms. The van der Waals surface area contributed by atoms with Crippen LogP contribution in [0.5, 0.6) is 0 Å². The Bertz CT molecular complexity index is 1310. The standard InChI is InChI=1S/C27H25N5O/c28-12-11-20-5-4-6-21(17-20)19-31-13-15-32(16-14-31)27(33)23-9-10-24-25(18-23)30-26(29-24)22-7-2-1-3-8-22/h1-10,17-18H,11,13-16,19H2,(H,29,30). The molecule has 0 aliphatic carbocycles. The molecule has 164 valence electrons. The van der Waals surface area contributed by atoms with Crippen molar-refractivity contribution in [1.29, 1.82) is 5.26 Å². The van der Waals surface area contributed by atoms with E-state index in [2.05, 4.69) is 33.1 Å². The van der Waals surface area contributed by atoms with Gasteiger partial charge in [-0.25, -0.2) is 4.98 Å². The Kier molecular flexibility index (Phi) is 5.88. The van der Waals surface area contributed by atoms with E-state index in [-0.39, 0.29) is 5.91 Å². The molecule has 1 N–H and O–H groups in total. The summed E-state index contributed by atoms with van der Waals surface area (Å²) in [5, 5.41) is 8.92. The Hall–Kier alpha value is -3.95. The molecule has 1 aromatic heterocycles. The van der Waals surface area contributed by atoms with Gasteiger partial charge in [-0.3, -0.25) is 9.69 Å². The summed E-state index contributed by atoms with van der Waals surface area (Å²) in [4.78, 5) is 25.4. The number of nitrogens with zero attached hydrogens (tertiary/aromatic N) is 4. The number of nitriles is 1. The van der Waals surface area contributed by atoms with Crippen LogP contribution in [-0.2, 0) is 13.0 Å². The quantitative estimate of drug-likeness (QED) is 0.508. The van der Waals surface area contributed by atoms with Gasteiger partial charge in [0.05, 0.1) is 23.5 Å². The largest absolute Gasteiger partial charge is 0.338 e. The highest BCUT2D eigenvalue weighted by molar-refractivity contribution is 5.97. The number of carbonyl (C=O) groups excluding carboxylic acids is 1. The second-order valence-corrected chi connectivity index (χ2v) is 8.41. The van der Waals surface area contributed by atoms with Gasteiger partial charge in [0.2, 0.25) is 0 Å². The van der Waals surface area contributed by atoms with Crippen LogP contribution < -0.4 is 0 Å². The van der Waals surface area contributed by atoms with Gasteiger partial charge in [-0.15, -0.1) is 0 Å². The van der Waals surface area contributed by atoms with E-state index >= 15 is 0 Å². The summed E-state index contributed by atoms with van der Waals surface area (Å²) in [5.74, 6) is 0.867. The van der Waals surface area contributed by atoms with Crippen molar-refractivity contribution in [3.05, 3.63) is 89.5 Å². The van der Waals surface area contributed by atoms with Gasteiger partial charge in [0, 0.05) is 43.9 Å². The molecule has 1 amide bonds. The molecule has 6 heteroatoms. The zero-order valence-corrected chi connectivity index (χ0v) is 18.4. The van der Waals surface area contributed by atoms with Crippen molar-refractivity contribution in [2.24, 2.45) is 0 Å². The molecule has 0 unspecified atom stereocenters. The van der Waals surface area contributed by atoms with E-state index in [0.717, 1.165) is 47.6 Å². The Morgan fingerprint density at radius 1 is 0.939 bits per heavy atom. The predicted molar refractivity (Wildman–Crippen MR) is 128 cm³/mol. The lowest BCUT2D eigenvalue weighted by molar-refractivity contribution is 0.0628. The maximum absolute atomic E-state index is 13.1. The minimum atomic E-state index is 0.0587. The molecule has 0 atom stereocenters. The fourth-order valence-electron chi connectivity index (χ4n) is 4.35. The Morgan fingerprint density at radius 2 is 1.73 bits per heavy atom. The van der Waals surface area contributed by atoms with Crippen molar-refractivity contribution in [3.8, 4) is 17.5 Å². The third-order valence-electron chi connectivity index (χ3n) is 6.12. The molecule has 1 fully saturated rings. The Balaban J connectivity index is 1.23. The number of rotatable bonds is 5. The van der Waals surface area contributed by atoms with Crippen LogP contribution in [0.15, 0.2) is 72.8 Å². The van der Waals surface area contributed by atoms with Crippen LogP contribution in [0.25, 0.3) is 22.4 Å². The Labute approximate surface area is 193 Å². The Morgan fingerprint density at radius 3 is 2.52 bits per heavy atom. The number of piperazine rings is 1. The summed E-state index contributed by atoms with van der Waals surface area (Å²) in [7, 11) is 0. The number of carbonyl (C=O) groups is 1. The molecule has 1 saturated heterocycles. The van der Waals surface area contributed by atoms with E-state index in [1.807, 2.05) is 65.6 Å². The van der Waals surface area contributed by atoms with Gasteiger partial charge in [-0.05, 0) is 29.3 Å². The van der Waals surface area contributed by atoms with Gasteiger partial charge in [-0.1, -0.05) is 54.6 Å². The highest BCUT2D eigenvalue weighted by Crippen LogP contribution is 2.22. The van der Waals surface area contributed by atoms with E-state index < -0.39 is 0 Å². The number of H-pyrrole nitrogens is 1. The molecule has 1 aliphatic heterocycles. The molecule has 0 bridgehead atoms. The molecule has 6 nitrogen and oxygen atoms in total. The molecular formula is C27H25N5O. The normalized spacial score (nSPS) is 14.3. The molecule has 1 aliphatic rings. The van der Waals surface area contributed by atoms with E-state index in [0.29, 0.717) is 25.1 Å². The van der Waals surface area contributed by atoms with Gasteiger partial charge >= 0.3 is 0 Å². The highest BCUT2D eigenvalue weighted by atomic mass is 16.2. The maximum Gasteiger partial charge on any atom is 0.254 e. The number of benzene rings is 3. The monoisotopic (exact) mass is 435 g/mol. The van der Waals surface area contributed by atoms with Gasteiger partial charge in [0.1, 0.15) is 5.82 Å². The molecule has 3 aromatic carbocycles. The zero-order valence-electron chi connectivity index (χ0n) is 18.4. The van der Waals surface area contributed by atoms with Crippen LogP contribution in [-0.4, -0.2) is 51.9 Å². The van der Waals surface area contributed by atoms with Gasteiger partial charge in [-0.2, -0.15) is 5.26 Å². The predicted octanol–water partition coefficient (Wildman–Crippen LogP) is 4.25. The van der Waals surface area contributed by atoms with Gasteiger partial charge < -0.3 is 9.88 Å². The molecule has 0 saturated carbocycles. The number of nitrogens with one attached hydrogen (secondary N) is 1. The number of aromatic amines is 1. The second-order valence-electron chi connectivity index (χ2n) is 8.41. The first-order chi connectivity index (χ1) is 16.2. The second kappa shape index (κ2) is 9.27. The van der Waals surface area contributed by atoms with Crippen LogP contribution in [0, 0.1) is 11.3 Å². The smallest absolute Gasteiger partial charge is 0.254 e. The van der Waals surface area contributed by atoms with Crippen LogP contribution in [0.4, 0.5) is 0 Å². The maximum atomic E-state index is 13.1. The summed E-state index contributed by atoms with van der Waals surface area (Å²) in [6.07, 6.45) is 0.434. The average Bonchev–Trinajstić information content (AvgIpc) is 3.29. The van der Waals surface area contributed by atoms with E-state index in [9.17, 15) is 4.79 Å². The highest BCUT2D eigenvalue weighted by Gasteiger charge is 2.22. The van der Waals surface area contributed by atoms with Crippen molar-refractivity contribution in [3.63, 3.8) is 0 Å². The summed E-state index contributed by atoms with van der Waals surface area (Å²) in [6.45, 7) is 3.90. The molecule has 0 spiro atoms. The summed E-state index contributed by atoms with van der Waals surface area (Å²) >= 11 is 0. The molecule has 2 heterocycles. The average molecular weight is 436 g/mol. The van der Waals surface area contributed by atoms with Crippen LogP contribution >= 0.6 is 0 Å². The summed E-state index contributed by atoms with van der Waals surface area (Å²) < 4.78 is 0. The van der Waals surface area contributed by atoms with Gasteiger partial charge in [0.25, 0.3) is 5.91 Å². The van der Waals surface area contributed by atoms with Crippen molar-refractivity contribution in [2.75, 3.05) is 26.2 Å². The number of hydrogen-bond acceptors (Lipinski definition) is 4. The third kappa shape index (κ3) is 4.64. The fourth-order valence-corrected chi connectivity index (χ4v) is 4.35. The van der Waals surface area contributed by atoms with E-state index in [4.69, 9.17) is 5.26 Å². The lowest BCUT2D eigenvalue weighted by Crippen LogP contribution is -2.48. The third-order valence-corrected chi connectivity index (χ3v) is 6.12. The number of hydrogen-bond donors (Lipinski definition) is 1. The number of amides is 1. The van der Waals surface area contributed by atoms with Crippen molar-refractivity contribution < 1.29 is 4.79 Å². The van der Waals surface area contributed by atoms with Crippen molar-refractivity contribution >= 4 is 16.9 Å². The minimum absolute atomic E-state index is 0.0587. The molecule has 5 rings (SSSR count). The topological polar surface area (TPSA) is 76.0 Å². The molecule has 4 aromatic rings. The first-order valence-electron chi connectivity index (χ1n) is 11.2. The summed E-state index contributed by atoms with van der Waals surface area (Å²) in [5.41, 5.74) is 5.69. The SMILES string of the molecule is N#CCc1cccc(CN2CCN(C(=O)c3ccc4nc(-c5ccccc5)[nH]c4c3)CC2)c1. The zero-order chi connectivity index (χ0) is 22.6. The van der Waals surface area contributed by atoms with Crippen LogP contribution in [0.2, 0.25) is 0 Å². The molecular weight excluding hydrogens is 410 g/mol. The lowest BCUT2D eigenvalue weighted by Gasteiger charge is -2.34. The first kappa shape index (κ1) is 20.9. The number of fused-ring (bicyclic) bond motifs is 1. The van der Waals surface area contributed by atoms with Crippen LogP contribution in [0.3, 0.4) is 0 Å². The van der Waals surface area contributed by atoms with E-state index in [1.165, 1.54) is 5.56 Å². The van der Waals surface area contributed by atoms with Gasteiger partial charge in [0.15, 0.2) is 0 Å². The lowest BCUT2D eigenvalue weighted by atomic mass is 10.1. The minimum Gasteiger partial charge on any atom is -0.338 e. The fraction of sp³-hybridized carbons (Fsp3) is 0.222. The van der Waals surface area contributed by atoms with Crippen molar-refractivity contribution in [2.45, 2.75) is 13.0 Å².